The van der Waals surface area contributed by atoms with Crippen molar-refractivity contribution in [2.75, 3.05) is 20.6 Å². The normalized spacial score (nSPS) is 11.1. The topological polar surface area (TPSA) is 118 Å². The van der Waals surface area contributed by atoms with Gasteiger partial charge in [-0.2, -0.15) is 5.10 Å². The average molecular weight is 541 g/mol. The average Bonchev–Trinajstić information content (AvgIpc) is 3.07. The molecular weight excluding hydrogens is 509 g/mol. The van der Waals surface area contributed by atoms with Crippen LogP contribution in [0.5, 0.6) is 0 Å². The number of amides is 2. The Kier molecular flexibility index (Phi) is 10.5. The highest BCUT2D eigenvalue weighted by atomic mass is 127. The molecule has 31 heavy (non-hydrogen) atoms. The zero-order chi connectivity index (χ0) is 22.3. The Morgan fingerprint density at radius 1 is 1.23 bits per heavy atom. The summed E-state index contributed by atoms with van der Waals surface area (Å²) in [6.07, 6.45) is 2.04. The molecule has 0 aliphatic carbocycles. The maximum Gasteiger partial charge on any atom is 0.251 e. The predicted molar refractivity (Wildman–Crippen MR) is 132 cm³/mol. The van der Waals surface area contributed by atoms with Crippen LogP contribution in [0.25, 0.3) is 0 Å². The zero-order valence-electron chi connectivity index (χ0n) is 18.7. The van der Waals surface area contributed by atoms with Crippen LogP contribution in [-0.4, -0.2) is 53.1 Å². The van der Waals surface area contributed by atoms with Crippen molar-refractivity contribution < 1.29 is 9.59 Å². The molecule has 1 aromatic heterocycles. The maximum atomic E-state index is 11.9. The number of rotatable bonds is 8. The maximum absolute atomic E-state index is 11.9. The number of carbonyl (C=O) groups excluding carboxylic acids is 2. The summed E-state index contributed by atoms with van der Waals surface area (Å²) in [6.45, 7) is 5.35. The van der Waals surface area contributed by atoms with Crippen LogP contribution in [0.3, 0.4) is 0 Å². The fourth-order valence-corrected chi connectivity index (χ4v) is 3.10. The third kappa shape index (κ3) is 7.85. The number of carbonyl (C=O) groups is 2. The number of nitrogens with one attached hydrogen (secondary N) is 2. The second-order valence-electron chi connectivity index (χ2n) is 7.47. The lowest BCUT2D eigenvalue weighted by Crippen LogP contribution is -2.38. The molecule has 1 aromatic carbocycles. The van der Waals surface area contributed by atoms with Gasteiger partial charge in [0.15, 0.2) is 5.96 Å². The Morgan fingerprint density at radius 2 is 1.87 bits per heavy atom. The lowest BCUT2D eigenvalue weighted by molar-refractivity contribution is -0.117. The van der Waals surface area contributed by atoms with Gasteiger partial charge in [-0.25, -0.2) is 0 Å². The smallest absolute Gasteiger partial charge is 0.251 e. The minimum atomic E-state index is -0.577. The molecule has 0 radical (unpaired) electrons. The van der Waals surface area contributed by atoms with E-state index in [1.807, 2.05) is 37.1 Å². The van der Waals surface area contributed by atoms with E-state index in [9.17, 15) is 9.59 Å². The van der Waals surface area contributed by atoms with E-state index in [4.69, 9.17) is 5.73 Å². The highest BCUT2D eigenvalue weighted by Crippen LogP contribution is 2.18. The number of benzene rings is 1. The van der Waals surface area contributed by atoms with Gasteiger partial charge in [-0.1, -0.05) is 26.0 Å². The third-order valence-corrected chi connectivity index (χ3v) is 4.55. The molecule has 0 saturated heterocycles. The second kappa shape index (κ2) is 12.3. The summed E-state index contributed by atoms with van der Waals surface area (Å²) < 4.78 is 1.84. The number of aliphatic imine (C=N–C) groups is 1. The van der Waals surface area contributed by atoms with Crippen molar-refractivity contribution >= 4 is 41.8 Å². The zero-order valence-corrected chi connectivity index (χ0v) is 21.0. The van der Waals surface area contributed by atoms with E-state index in [-0.39, 0.29) is 36.4 Å². The molecule has 0 aliphatic heterocycles. The lowest BCUT2D eigenvalue weighted by atomic mass is 10.1. The molecule has 2 aromatic rings. The Labute approximate surface area is 200 Å². The van der Waals surface area contributed by atoms with Gasteiger partial charge in [0.2, 0.25) is 5.91 Å². The van der Waals surface area contributed by atoms with E-state index in [1.54, 1.807) is 19.2 Å². The molecule has 2 rings (SSSR count). The number of nitrogens with two attached hydrogens (primary N) is 1. The fourth-order valence-electron chi connectivity index (χ4n) is 3.10. The van der Waals surface area contributed by atoms with Crippen LogP contribution in [0, 0.1) is 0 Å². The molecule has 0 aliphatic rings. The van der Waals surface area contributed by atoms with Crippen molar-refractivity contribution in [1.29, 1.82) is 0 Å². The molecule has 170 valence electrons. The largest absolute Gasteiger partial charge is 0.368 e. The summed E-state index contributed by atoms with van der Waals surface area (Å²) in [5.41, 5.74) is 8.77. The van der Waals surface area contributed by atoms with Crippen LogP contribution < -0.4 is 16.4 Å². The van der Waals surface area contributed by atoms with Gasteiger partial charge in [-0.15, -0.1) is 24.0 Å². The monoisotopic (exact) mass is 541 g/mol. The van der Waals surface area contributed by atoms with Crippen LogP contribution in [0.2, 0.25) is 0 Å². The number of halogens is 1. The van der Waals surface area contributed by atoms with Crippen LogP contribution >= 0.6 is 24.0 Å². The number of primary amides is 1. The molecule has 0 fully saturated rings. The molecule has 0 atom stereocenters. The quantitative estimate of drug-likeness (QED) is 0.267. The number of nitrogens with zero attached hydrogens (tertiary/aromatic N) is 4. The van der Waals surface area contributed by atoms with E-state index < -0.39 is 5.91 Å². The van der Waals surface area contributed by atoms with Crippen molar-refractivity contribution in [1.82, 2.24) is 25.3 Å². The summed E-state index contributed by atoms with van der Waals surface area (Å²) >= 11 is 0. The molecule has 2 amide bonds. The highest BCUT2D eigenvalue weighted by molar-refractivity contribution is 14.0. The van der Waals surface area contributed by atoms with Gasteiger partial charge >= 0.3 is 0 Å². The van der Waals surface area contributed by atoms with Crippen molar-refractivity contribution in [3.63, 3.8) is 0 Å². The van der Waals surface area contributed by atoms with Gasteiger partial charge in [0.05, 0.1) is 12.2 Å². The van der Waals surface area contributed by atoms with E-state index in [1.165, 1.54) is 5.56 Å². The van der Waals surface area contributed by atoms with E-state index in [0.29, 0.717) is 24.6 Å². The molecule has 9 nitrogen and oxygen atoms in total. The van der Waals surface area contributed by atoms with Crippen molar-refractivity contribution in [2.24, 2.45) is 17.8 Å². The van der Waals surface area contributed by atoms with Gasteiger partial charge in [-0.3, -0.25) is 19.3 Å². The first-order valence-electron chi connectivity index (χ1n) is 9.80. The minimum Gasteiger partial charge on any atom is -0.368 e. The van der Waals surface area contributed by atoms with Crippen LogP contribution in [0.1, 0.15) is 46.9 Å². The van der Waals surface area contributed by atoms with E-state index >= 15 is 0 Å². The molecule has 0 bridgehead atoms. The predicted octanol–water partition coefficient (Wildman–Crippen LogP) is 1.58. The molecule has 0 saturated carbocycles. The van der Waals surface area contributed by atoms with E-state index in [0.717, 1.165) is 17.2 Å². The summed E-state index contributed by atoms with van der Waals surface area (Å²) in [7, 11) is 5.66. The Morgan fingerprint density at radius 3 is 2.42 bits per heavy atom. The highest BCUT2D eigenvalue weighted by Gasteiger charge is 2.15. The molecule has 0 unspecified atom stereocenters. The second-order valence-corrected chi connectivity index (χ2v) is 7.47. The Hall–Kier alpha value is -2.63. The van der Waals surface area contributed by atoms with E-state index in [2.05, 4.69) is 39.5 Å². The summed E-state index contributed by atoms with van der Waals surface area (Å²) in [5.74, 6) is 0.202. The van der Waals surface area contributed by atoms with Crippen molar-refractivity contribution in [2.45, 2.75) is 32.9 Å². The standard InChI is InChI=1S/C21H31N7O2.HI/c1-14(2)19-17(13-28(5)26-19)12-27(4)21(23-3)25-10-15-6-8-16(9-7-15)20(30)24-11-18(22)29;/h6-9,13-14H,10-12H2,1-5H3,(H2,22,29)(H,23,25)(H,24,30);1H. The first-order chi connectivity index (χ1) is 14.2. The van der Waals surface area contributed by atoms with Crippen molar-refractivity contribution in [3.05, 3.63) is 52.8 Å². The number of hydrogen-bond donors (Lipinski definition) is 3. The summed E-state index contributed by atoms with van der Waals surface area (Å²) in [6, 6.07) is 7.14. The Balaban J connectivity index is 0.00000480. The van der Waals surface area contributed by atoms with Crippen LogP contribution in [-0.2, 0) is 24.9 Å². The first kappa shape index (κ1) is 26.4. The fraction of sp³-hybridized carbons (Fsp3) is 0.429. The number of hydrogen-bond acceptors (Lipinski definition) is 4. The van der Waals surface area contributed by atoms with Crippen LogP contribution in [0.4, 0.5) is 0 Å². The number of aromatic nitrogens is 2. The molecule has 0 spiro atoms. The number of guanidine groups is 1. The van der Waals surface area contributed by atoms with Gasteiger partial charge in [-0.05, 0) is 23.6 Å². The third-order valence-electron chi connectivity index (χ3n) is 4.55. The first-order valence-corrected chi connectivity index (χ1v) is 9.80. The summed E-state index contributed by atoms with van der Waals surface area (Å²) in [4.78, 5) is 29.1. The molecule has 1 heterocycles. The van der Waals surface area contributed by atoms with Gasteiger partial charge < -0.3 is 21.3 Å². The van der Waals surface area contributed by atoms with Gasteiger partial charge in [0, 0.05) is 51.6 Å². The molecule has 4 N–H and O–H groups in total. The molecule has 10 heteroatoms. The molecular formula is C21H32IN7O2. The van der Waals surface area contributed by atoms with Gasteiger partial charge in [0.25, 0.3) is 5.91 Å². The summed E-state index contributed by atoms with van der Waals surface area (Å²) in [5, 5.41) is 10.4. The van der Waals surface area contributed by atoms with Crippen LogP contribution in [0.15, 0.2) is 35.5 Å². The minimum absolute atomic E-state index is 0. The SMILES string of the molecule is CN=C(NCc1ccc(C(=O)NCC(N)=O)cc1)N(C)Cc1cn(C)nc1C(C)C.I. The lowest BCUT2D eigenvalue weighted by Gasteiger charge is -2.22. The Bertz CT molecular complexity index is 907. The van der Waals surface area contributed by atoms with Crippen molar-refractivity contribution in [3.8, 4) is 0 Å². The number of aryl methyl sites for hydroxylation is 1. The van der Waals surface area contributed by atoms with Gasteiger partial charge in [0.1, 0.15) is 0 Å².